The number of carbonyl (C=O) groups is 3. The third-order valence-electron chi connectivity index (χ3n) is 11.1. The number of carbonyl (C=O) groups excluding carboxylic acids is 3. The van der Waals surface area contributed by atoms with Gasteiger partial charge in [-0.1, -0.05) is 79.7 Å². The highest BCUT2D eigenvalue weighted by atomic mass is 28.4. The van der Waals surface area contributed by atoms with E-state index < -0.39 is 31.5 Å². The van der Waals surface area contributed by atoms with Gasteiger partial charge in [-0.05, 0) is 73.3 Å². The summed E-state index contributed by atoms with van der Waals surface area (Å²) in [7, 11) is -3.14. The van der Waals surface area contributed by atoms with Crippen molar-refractivity contribution in [3.05, 3.63) is 144 Å². The number of rotatable bonds is 9. The molecule has 0 radical (unpaired) electrons. The lowest BCUT2D eigenvalue weighted by atomic mass is 9.82. The van der Waals surface area contributed by atoms with Gasteiger partial charge in [0.2, 0.25) is 5.91 Å². The van der Waals surface area contributed by atoms with Gasteiger partial charge < -0.3 is 24.3 Å². The number of amides is 3. The summed E-state index contributed by atoms with van der Waals surface area (Å²) in [6.45, 7) is 5.76. The molecule has 11 heteroatoms. The van der Waals surface area contributed by atoms with Gasteiger partial charge in [0.1, 0.15) is 5.75 Å². The highest BCUT2D eigenvalue weighted by Crippen LogP contribution is 2.61. The Morgan fingerprint density at radius 2 is 1.45 bits per heavy atom. The molecule has 1 fully saturated rings. The molecule has 5 aromatic rings. The minimum absolute atomic E-state index is 0.0969. The predicted octanol–water partition coefficient (Wildman–Crippen LogP) is 7.66. The number of hydrogen-bond donors (Lipinski definition) is 2. The van der Waals surface area contributed by atoms with Gasteiger partial charge in [-0.3, -0.25) is 24.2 Å². The van der Waals surface area contributed by atoms with Crippen molar-refractivity contribution in [2.24, 2.45) is 5.92 Å². The SMILES string of the molecule is C[C@@H]1[C@@H]([Si](C)(C)O)[C@H](CC(=O)N(CCO)Cc2ccccc2)O[C@@]12C(=O)N(c1ccccc1)c1ccc(N3C(=O)c4ccccc4Oc4ccccc43)cc12. The Balaban J connectivity index is 1.26. The number of aliphatic hydroxyl groups is 1. The lowest BCUT2D eigenvalue weighted by molar-refractivity contribution is -0.149. The molecule has 280 valence electrons. The summed E-state index contributed by atoms with van der Waals surface area (Å²) in [5, 5.41) is 9.94. The fourth-order valence-corrected chi connectivity index (χ4v) is 11.3. The molecular weight excluding hydrogens is 711 g/mol. The normalized spacial score (nSPS) is 21.5. The molecule has 3 aliphatic rings. The minimum Gasteiger partial charge on any atom is -0.454 e. The molecule has 55 heavy (non-hydrogen) atoms. The number of aliphatic hydroxyl groups excluding tert-OH is 1. The molecule has 0 saturated carbocycles. The number of anilines is 4. The highest BCUT2D eigenvalue weighted by molar-refractivity contribution is 6.71. The van der Waals surface area contributed by atoms with E-state index in [9.17, 15) is 19.5 Å². The lowest BCUT2D eigenvalue weighted by Crippen LogP contribution is -2.45. The van der Waals surface area contributed by atoms with E-state index in [1.54, 1.807) is 32.9 Å². The van der Waals surface area contributed by atoms with Crippen molar-refractivity contribution in [2.75, 3.05) is 23.0 Å². The van der Waals surface area contributed by atoms with Gasteiger partial charge in [0.25, 0.3) is 11.8 Å². The summed E-state index contributed by atoms with van der Waals surface area (Å²) >= 11 is 0. The maximum Gasteiger partial charge on any atom is 0.268 e. The van der Waals surface area contributed by atoms with Crippen LogP contribution in [0.15, 0.2) is 127 Å². The van der Waals surface area contributed by atoms with Crippen LogP contribution in [0.2, 0.25) is 18.6 Å². The lowest BCUT2D eigenvalue weighted by Gasteiger charge is -2.33. The van der Waals surface area contributed by atoms with Crippen LogP contribution in [0.3, 0.4) is 0 Å². The van der Waals surface area contributed by atoms with Crippen molar-refractivity contribution in [3.63, 3.8) is 0 Å². The average Bonchev–Trinajstić information content (AvgIpc) is 3.56. The Morgan fingerprint density at radius 3 is 2.16 bits per heavy atom. The van der Waals surface area contributed by atoms with Crippen LogP contribution >= 0.6 is 0 Å². The molecule has 0 aromatic heterocycles. The van der Waals surface area contributed by atoms with Crippen molar-refractivity contribution in [3.8, 4) is 11.5 Å². The average molecular weight is 754 g/mol. The van der Waals surface area contributed by atoms with Gasteiger partial charge in [0, 0.05) is 41.5 Å². The van der Waals surface area contributed by atoms with Gasteiger partial charge in [-0.15, -0.1) is 0 Å². The second-order valence-corrected chi connectivity index (χ2v) is 18.9. The zero-order valence-corrected chi connectivity index (χ0v) is 32.0. The Hall–Kier alpha value is -5.59. The molecule has 4 atom stereocenters. The van der Waals surface area contributed by atoms with E-state index >= 15 is 4.79 Å². The van der Waals surface area contributed by atoms with Crippen molar-refractivity contribution < 1.29 is 33.8 Å². The number of fused-ring (bicyclic) bond motifs is 4. The van der Waals surface area contributed by atoms with Crippen LogP contribution in [0.25, 0.3) is 0 Å². The zero-order valence-electron chi connectivity index (χ0n) is 31.0. The number of para-hydroxylation sites is 4. The quantitative estimate of drug-likeness (QED) is 0.148. The third-order valence-corrected chi connectivity index (χ3v) is 13.6. The summed E-state index contributed by atoms with van der Waals surface area (Å²) in [6, 6.07) is 38.8. The summed E-state index contributed by atoms with van der Waals surface area (Å²) < 4.78 is 13.3. The van der Waals surface area contributed by atoms with Crippen LogP contribution in [0.1, 0.15) is 34.8 Å². The smallest absolute Gasteiger partial charge is 0.268 e. The van der Waals surface area contributed by atoms with Crippen LogP contribution in [0.4, 0.5) is 22.7 Å². The van der Waals surface area contributed by atoms with Crippen LogP contribution in [0.5, 0.6) is 11.5 Å². The number of nitrogens with zero attached hydrogens (tertiary/aromatic N) is 3. The molecular formula is C44H43N3O7Si. The molecule has 3 aliphatic heterocycles. The predicted molar refractivity (Wildman–Crippen MR) is 212 cm³/mol. The van der Waals surface area contributed by atoms with Gasteiger partial charge in [0.15, 0.2) is 19.7 Å². The molecule has 8 rings (SSSR count). The van der Waals surface area contributed by atoms with E-state index in [-0.39, 0.29) is 37.3 Å². The maximum absolute atomic E-state index is 15.3. The first-order chi connectivity index (χ1) is 26.5. The first kappa shape index (κ1) is 36.4. The van der Waals surface area contributed by atoms with Gasteiger partial charge in [0.05, 0.1) is 36.1 Å². The fraction of sp³-hybridized carbons (Fsp3) is 0.250. The van der Waals surface area contributed by atoms with Crippen molar-refractivity contribution in [2.45, 2.75) is 50.2 Å². The standard InChI is InChI=1S/C44H43N3O7Si/c1-29-41(55(2,3)52)39(27-40(49)45(24-25-48)28-30-14-6-4-7-15-30)54-44(29)34-26-32(22-23-35(34)47(43(44)51)31-16-8-5-9-17-31)46-36-19-11-13-21-38(36)53-37-20-12-10-18-33(37)42(46)50/h4-23,26,29,39,41,48,52H,24-25,27-28H2,1-3H3/t29-,39+,41-,44+/m1/s1. The van der Waals surface area contributed by atoms with Crippen LogP contribution in [0, 0.1) is 5.92 Å². The van der Waals surface area contributed by atoms with Crippen LogP contribution in [-0.2, 0) is 26.5 Å². The fourth-order valence-electron chi connectivity index (χ4n) is 8.75. The van der Waals surface area contributed by atoms with Crippen LogP contribution < -0.4 is 14.5 Å². The van der Waals surface area contributed by atoms with Crippen molar-refractivity contribution >= 4 is 48.8 Å². The first-order valence-corrected chi connectivity index (χ1v) is 21.6. The van der Waals surface area contributed by atoms with E-state index in [4.69, 9.17) is 9.47 Å². The molecule has 3 amide bonds. The monoisotopic (exact) mass is 753 g/mol. The molecule has 0 unspecified atom stereocenters. The van der Waals surface area contributed by atoms with E-state index in [1.807, 2.05) is 129 Å². The summed E-state index contributed by atoms with van der Waals surface area (Å²) in [5.41, 5.74) is 1.99. The topological polar surface area (TPSA) is 120 Å². The molecule has 1 spiro atoms. The van der Waals surface area contributed by atoms with E-state index in [0.29, 0.717) is 51.9 Å². The molecule has 0 bridgehead atoms. The second-order valence-electron chi connectivity index (χ2n) is 15.0. The summed E-state index contributed by atoms with van der Waals surface area (Å²) in [4.78, 5) is 60.7. The molecule has 10 nitrogen and oxygen atoms in total. The zero-order chi connectivity index (χ0) is 38.5. The Labute approximate surface area is 321 Å². The Kier molecular flexibility index (Phi) is 9.42. The summed E-state index contributed by atoms with van der Waals surface area (Å²) in [5.74, 6) is -0.510. The van der Waals surface area contributed by atoms with Crippen molar-refractivity contribution in [1.82, 2.24) is 4.90 Å². The minimum atomic E-state index is -3.14. The third kappa shape index (κ3) is 6.23. The van der Waals surface area contributed by atoms with E-state index in [1.165, 1.54) is 0 Å². The largest absolute Gasteiger partial charge is 0.454 e. The van der Waals surface area contributed by atoms with Gasteiger partial charge in [-0.25, -0.2) is 0 Å². The maximum atomic E-state index is 15.3. The Bertz CT molecular complexity index is 2260. The number of hydrogen-bond acceptors (Lipinski definition) is 7. The van der Waals surface area contributed by atoms with E-state index in [2.05, 4.69) is 0 Å². The highest BCUT2D eigenvalue weighted by Gasteiger charge is 2.67. The molecule has 1 saturated heterocycles. The number of ether oxygens (including phenoxy) is 2. The summed E-state index contributed by atoms with van der Waals surface area (Å²) in [6.07, 6.45) is -0.913. The van der Waals surface area contributed by atoms with Gasteiger partial charge in [-0.2, -0.15) is 0 Å². The molecule has 5 aromatic carbocycles. The second kappa shape index (κ2) is 14.2. The van der Waals surface area contributed by atoms with Gasteiger partial charge >= 0.3 is 0 Å². The first-order valence-electron chi connectivity index (χ1n) is 18.6. The molecule has 2 N–H and O–H groups in total. The Morgan fingerprint density at radius 1 is 0.800 bits per heavy atom. The van der Waals surface area contributed by atoms with Crippen LogP contribution in [-0.4, -0.2) is 60.1 Å². The van der Waals surface area contributed by atoms with Crippen molar-refractivity contribution in [1.29, 1.82) is 0 Å². The number of benzene rings is 5. The van der Waals surface area contributed by atoms with E-state index in [0.717, 1.165) is 5.56 Å². The molecule has 3 heterocycles. The molecule has 0 aliphatic carbocycles.